The lowest BCUT2D eigenvalue weighted by molar-refractivity contribution is -0.121. The van der Waals surface area contributed by atoms with E-state index in [4.69, 9.17) is 0 Å². The Balaban J connectivity index is 3.85. The van der Waals surface area contributed by atoms with Crippen LogP contribution in [0.2, 0.25) is 0 Å². The summed E-state index contributed by atoms with van der Waals surface area (Å²) in [6.45, 7) is 9.03. The van der Waals surface area contributed by atoms with E-state index >= 15 is 0 Å². The lowest BCUT2D eigenvalue weighted by atomic mass is 10.1. The van der Waals surface area contributed by atoms with Gasteiger partial charge in [0.15, 0.2) is 0 Å². The van der Waals surface area contributed by atoms with E-state index in [0.29, 0.717) is 18.6 Å². The second kappa shape index (κ2) is 10.6. The molecule has 0 saturated carbocycles. The zero-order chi connectivity index (χ0) is 13.1. The molecular formula is C14H30N2O. The van der Waals surface area contributed by atoms with Gasteiger partial charge in [0.05, 0.1) is 6.54 Å². The fourth-order valence-corrected chi connectivity index (χ4v) is 1.78. The van der Waals surface area contributed by atoms with Crippen LogP contribution >= 0.6 is 0 Å². The fourth-order valence-electron chi connectivity index (χ4n) is 1.78. The highest BCUT2D eigenvalue weighted by molar-refractivity contribution is 5.78. The van der Waals surface area contributed by atoms with Gasteiger partial charge in [-0.05, 0) is 26.2 Å². The second-order valence-corrected chi connectivity index (χ2v) is 4.89. The van der Waals surface area contributed by atoms with Crippen molar-refractivity contribution in [3.8, 4) is 0 Å². The van der Waals surface area contributed by atoms with Crippen molar-refractivity contribution in [3.63, 3.8) is 0 Å². The lowest BCUT2D eigenvalue weighted by Gasteiger charge is -2.19. The smallest absolute Gasteiger partial charge is 0.234 e. The second-order valence-electron chi connectivity index (χ2n) is 4.89. The fraction of sp³-hybridized carbons (Fsp3) is 0.929. The predicted octanol–water partition coefficient (Wildman–Crippen LogP) is 2.85. The zero-order valence-corrected chi connectivity index (χ0v) is 12.0. The van der Waals surface area contributed by atoms with Gasteiger partial charge in [0.1, 0.15) is 0 Å². The average molecular weight is 242 g/mol. The van der Waals surface area contributed by atoms with Gasteiger partial charge in [0, 0.05) is 12.1 Å². The van der Waals surface area contributed by atoms with E-state index in [9.17, 15) is 4.79 Å². The lowest BCUT2D eigenvalue weighted by Crippen LogP contribution is -2.42. The van der Waals surface area contributed by atoms with Crippen molar-refractivity contribution in [2.24, 2.45) is 0 Å². The summed E-state index contributed by atoms with van der Waals surface area (Å²) >= 11 is 0. The van der Waals surface area contributed by atoms with Crippen molar-refractivity contribution in [2.45, 2.75) is 78.3 Å². The Hall–Kier alpha value is -0.570. The highest BCUT2D eigenvalue weighted by Gasteiger charge is 2.11. The van der Waals surface area contributed by atoms with E-state index in [1.165, 1.54) is 12.8 Å². The number of hydrogen-bond donors (Lipinski definition) is 2. The van der Waals surface area contributed by atoms with E-state index in [1.54, 1.807) is 0 Å². The predicted molar refractivity (Wildman–Crippen MR) is 74.1 cm³/mol. The summed E-state index contributed by atoms with van der Waals surface area (Å²) in [6.07, 6.45) is 6.79. The minimum atomic E-state index is 0.139. The first-order valence-corrected chi connectivity index (χ1v) is 7.16. The molecule has 0 aromatic carbocycles. The normalized spacial score (nSPS) is 14.4. The molecule has 0 aliphatic heterocycles. The maximum absolute atomic E-state index is 11.7. The van der Waals surface area contributed by atoms with Crippen molar-refractivity contribution < 1.29 is 4.79 Å². The van der Waals surface area contributed by atoms with E-state index in [1.807, 2.05) is 0 Å². The zero-order valence-electron chi connectivity index (χ0n) is 12.0. The molecule has 0 aliphatic rings. The van der Waals surface area contributed by atoms with Gasteiger partial charge in [-0.15, -0.1) is 0 Å². The molecule has 0 aliphatic carbocycles. The summed E-state index contributed by atoms with van der Waals surface area (Å²) in [4.78, 5) is 11.7. The van der Waals surface area contributed by atoms with Crippen molar-refractivity contribution in [1.82, 2.24) is 10.6 Å². The molecule has 0 radical (unpaired) electrons. The Morgan fingerprint density at radius 2 is 1.82 bits per heavy atom. The van der Waals surface area contributed by atoms with Crippen LogP contribution in [0.1, 0.15) is 66.2 Å². The number of unbranched alkanes of at least 4 members (excludes halogenated alkanes) is 1. The minimum Gasteiger partial charge on any atom is -0.352 e. The largest absolute Gasteiger partial charge is 0.352 e. The van der Waals surface area contributed by atoms with Crippen LogP contribution in [0.4, 0.5) is 0 Å². The van der Waals surface area contributed by atoms with Crippen LogP contribution in [-0.2, 0) is 4.79 Å². The summed E-state index contributed by atoms with van der Waals surface area (Å²) in [5, 5.41) is 6.35. The molecule has 0 saturated heterocycles. The van der Waals surface area contributed by atoms with Crippen molar-refractivity contribution in [1.29, 1.82) is 0 Å². The highest BCUT2D eigenvalue weighted by atomic mass is 16.1. The van der Waals surface area contributed by atoms with E-state index in [-0.39, 0.29) is 5.91 Å². The molecule has 2 N–H and O–H groups in total. The molecule has 102 valence electrons. The Morgan fingerprint density at radius 1 is 1.12 bits per heavy atom. The molecule has 3 heteroatoms. The van der Waals surface area contributed by atoms with Gasteiger partial charge in [-0.1, -0.05) is 40.0 Å². The van der Waals surface area contributed by atoms with Gasteiger partial charge in [0.25, 0.3) is 0 Å². The summed E-state index contributed by atoms with van der Waals surface area (Å²) in [5.74, 6) is 0.139. The SMILES string of the molecule is CCCCC(CCC)NC(=O)CNC(C)CC. The average Bonchev–Trinajstić information content (AvgIpc) is 2.33. The van der Waals surface area contributed by atoms with E-state index in [2.05, 4.69) is 38.3 Å². The molecule has 2 atom stereocenters. The number of nitrogens with one attached hydrogen (secondary N) is 2. The Bertz CT molecular complexity index is 195. The molecule has 3 nitrogen and oxygen atoms in total. The van der Waals surface area contributed by atoms with Gasteiger partial charge in [-0.2, -0.15) is 0 Å². The van der Waals surface area contributed by atoms with Gasteiger partial charge < -0.3 is 10.6 Å². The molecule has 0 heterocycles. The van der Waals surface area contributed by atoms with E-state index in [0.717, 1.165) is 25.7 Å². The standard InChI is InChI=1S/C14H30N2O/c1-5-8-10-13(9-6-2)16-14(17)11-15-12(4)7-3/h12-13,15H,5-11H2,1-4H3,(H,16,17). The molecule has 0 spiro atoms. The number of rotatable bonds is 10. The quantitative estimate of drug-likeness (QED) is 0.618. The van der Waals surface area contributed by atoms with Gasteiger partial charge in [-0.3, -0.25) is 4.79 Å². The first kappa shape index (κ1) is 16.4. The first-order valence-electron chi connectivity index (χ1n) is 7.16. The molecule has 2 unspecified atom stereocenters. The number of carbonyl (C=O) groups is 1. The van der Waals surface area contributed by atoms with Crippen LogP contribution in [0.5, 0.6) is 0 Å². The molecular weight excluding hydrogens is 212 g/mol. The maximum atomic E-state index is 11.7. The summed E-state index contributed by atoms with van der Waals surface area (Å²) in [5.41, 5.74) is 0. The molecule has 17 heavy (non-hydrogen) atoms. The Labute approximate surface area is 107 Å². The summed E-state index contributed by atoms with van der Waals surface area (Å²) < 4.78 is 0. The molecule has 1 amide bonds. The number of hydrogen-bond acceptors (Lipinski definition) is 2. The monoisotopic (exact) mass is 242 g/mol. The molecule has 0 aromatic heterocycles. The van der Waals surface area contributed by atoms with Crippen molar-refractivity contribution in [2.75, 3.05) is 6.54 Å². The number of carbonyl (C=O) groups excluding carboxylic acids is 1. The molecule has 0 fully saturated rings. The Kier molecular flexibility index (Phi) is 10.2. The van der Waals surface area contributed by atoms with Crippen molar-refractivity contribution in [3.05, 3.63) is 0 Å². The van der Waals surface area contributed by atoms with Crippen LogP contribution in [0, 0.1) is 0 Å². The molecule has 0 bridgehead atoms. The maximum Gasteiger partial charge on any atom is 0.234 e. The minimum absolute atomic E-state index is 0.139. The van der Waals surface area contributed by atoms with Gasteiger partial charge in [-0.25, -0.2) is 0 Å². The van der Waals surface area contributed by atoms with Gasteiger partial charge in [0.2, 0.25) is 5.91 Å². The van der Waals surface area contributed by atoms with E-state index < -0.39 is 0 Å². The topological polar surface area (TPSA) is 41.1 Å². The summed E-state index contributed by atoms with van der Waals surface area (Å²) in [7, 11) is 0. The molecule has 0 rings (SSSR count). The van der Waals surface area contributed by atoms with Crippen LogP contribution in [0.15, 0.2) is 0 Å². The van der Waals surface area contributed by atoms with Crippen LogP contribution < -0.4 is 10.6 Å². The Morgan fingerprint density at radius 3 is 2.35 bits per heavy atom. The van der Waals surface area contributed by atoms with Crippen LogP contribution in [-0.4, -0.2) is 24.5 Å². The third-order valence-corrected chi connectivity index (χ3v) is 3.13. The molecule has 0 aromatic rings. The van der Waals surface area contributed by atoms with Crippen LogP contribution in [0.25, 0.3) is 0 Å². The van der Waals surface area contributed by atoms with Gasteiger partial charge >= 0.3 is 0 Å². The van der Waals surface area contributed by atoms with Crippen LogP contribution in [0.3, 0.4) is 0 Å². The first-order chi connectivity index (χ1) is 8.13. The third-order valence-electron chi connectivity index (χ3n) is 3.13. The highest BCUT2D eigenvalue weighted by Crippen LogP contribution is 2.06. The summed E-state index contributed by atoms with van der Waals surface area (Å²) in [6, 6.07) is 0.784. The van der Waals surface area contributed by atoms with Crippen molar-refractivity contribution >= 4 is 5.91 Å². The third kappa shape index (κ3) is 9.16. The number of amides is 1.